The van der Waals surface area contributed by atoms with Crippen molar-refractivity contribution in [2.45, 2.75) is 12.2 Å². The molecule has 1 heterocycles. The minimum absolute atomic E-state index is 0.310. The van der Waals surface area contributed by atoms with E-state index in [0.29, 0.717) is 32.8 Å². The average molecular weight is 380 g/mol. The second-order valence-electron chi connectivity index (χ2n) is 5.33. The normalized spacial score (nSPS) is 18.9. The average Bonchev–Trinajstić information content (AvgIpc) is 2.90. The van der Waals surface area contributed by atoms with Crippen LogP contribution in [0.25, 0.3) is 0 Å². The Labute approximate surface area is 154 Å². The van der Waals surface area contributed by atoms with Crippen LogP contribution in [0.4, 0.5) is 15.8 Å². The van der Waals surface area contributed by atoms with E-state index in [1.165, 1.54) is 6.07 Å². The molecular formula is C17H15ClFN3S2. The number of halogens is 2. The van der Waals surface area contributed by atoms with E-state index in [1.54, 1.807) is 42.1 Å². The molecule has 2 aromatic rings. The van der Waals surface area contributed by atoms with Crippen LogP contribution in [0, 0.1) is 5.82 Å². The van der Waals surface area contributed by atoms with E-state index >= 15 is 0 Å². The SMILES string of the molecule is CC1CN(C(=S)Nc2cccc(Cl)c2)/C(=N\c2ccccc2F)S1. The first-order valence-electron chi connectivity index (χ1n) is 7.37. The number of thioether (sulfide) groups is 1. The predicted octanol–water partition coefficient (Wildman–Crippen LogP) is 5.30. The zero-order valence-corrected chi connectivity index (χ0v) is 15.3. The van der Waals surface area contributed by atoms with E-state index in [0.717, 1.165) is 5.69 Å². The molecule has 124 valence electrons. The fourth-order valence-corrected chi connectivity index (χ4v) is 3.83. The molecule has 0 amide bonds. The third kappa shape index (κ3) is 4.06. The maximum absolute atomic E-state index is 13.9. The number of rotatable bonds is 2. The molecule has 0 spiro atoms. The molecule has 1 N–H and O–H groups in total. The van der Waals surface area contributed by atoms with Gasteiger partial charge in [0, 0.05) is 22.5 Å². The Hall–Kier alpha value is -1.63. The number of thiocarbonyl (C=S) groups is 1. The van der Waals surface area contributed by atoms with E-state index in [1.807, 2.05) is 17.0 Å². The van der Waals surface area contributed by atoms with Gasteiger partial charge in [0.15, 0.2) is 10.3 Å². The van der Waals surface area contributed by atoms with Crippen LogP contribution >= 0.6 is 35.6 Å². The van der Waals surface area contributed by atoms with Gasteiger partial charge in [-0.05, 0) is 42.5 Å². The number of anilines is 1. The molecule has 24 heavy (non-hydrogen) atoms. The Bertz CT molecular complexity index is 797. The van der Waals surface area contributed by atoms with E-state index in [9.17, 15) is 4.39 Å². The summed E-state index contributed by atoms with van der Waals surface area (Å²) in [6, 6.07) is 13.8. The highest BCUT2D eigenvalue weighted by Gasteiger charge is 2.29. The van der Waals surface area contributed by atoms with Crippen LogP contribution in [-0.2, 0) is 0 Å². The quantitative estimate of drug-likeness (QED) is 0.716. The molecule has 0 saturated carbocycles. The fourth-order valence-electron chi connectivity index (χ4n) is 2.28. The molecule has 3 nitrogen and oxygen atoms in total. The van der Waals surface area contributed by atoms with Crippen molar-refractivity contribution in [1.29, 1.82) is 0 Å². The first-order valence-corrected chi connectivity index (χ1v) is 9.03. The van der Waals surface area contributed by atoms with Gasteiger partial charge < -0.3 is 5.32 Å². The van der Waals surface area contributed by atoms with Gasteiger partial charge in [-0.25, -0.2) is 9.38 Å². The maximum Gasteiger partial charge on any atom is 0.179 e. The molecule has 1 aliphatic heterocycles. The van der Waals surface area contributed by atoms with Crippen LogP contribution < -0.4 is 5.32 Å². The van der Waals surface area contributed by atoms with E-state index < -0.39 is 0 Å². The Morgan fingerprint density at radius 2 is 2.12 bits per heavy atom. The zero-order chi connectivity index (χ0) is 17.1. The number of amidine groups is 1. The molecule has 0 radical (unpaired) electrons. The Balaban J connectivity index is 1.82. The zero-order valence-electron chi connectivity index (χ0n) is 12.9. The van der Waals surface area contributed by atoms with Gasteiger partial charge >= 0.3 is 0 Å². The molecule has 1 fully saturated rings. The molecule has 0 aromatic heterocycles. The van der Waals surface area contributed by atoms with Gasteiger partial charge in [-0.2, -0.15) is 0 Å². The van der Waals surface area contributed by atoms with Crippen molar-refractivity contribution >= 4 is 57.2 Å². The molecule has 1 saturated heterocycles. The van der Waals surface area contributed by atoms with Crippen LogP contribution in [0.5, 0.6) is 0 Å². The van der Waals surface area contributed by atoms with E-state index in [-0.39, 0.29) is 5.82 Å². The van der Waals surface area contributed by atoms with Crippen molar-refractivity contribution in [3.63, 3.8) is 0 Å². The summed E-state index contributed by atoms with van der Waals surface area (Å²) >= 11 is 13.1. The van der Waals surface area contributed by atoms with Gasteiger partial charge in [0.1, 0.15) is 11.5 Å². The van der Waals surface area contributed by atoms with Crippen molar-refractivity contribution in [2.75, 3.05) is 11.9 Å². The van der Waals surface area contributed by atoms with Gasteiger partial charge in [-0.1, -0.05) is 48.5 Å². The number of para-hydroxylation sites is 1. The lowest BCUT2D eigenvalue weighted by molar-refractivity contribution is 0.625. The number of hydrogen-bond acceptors (Lipinski definition) is 3. The molecule has 2 aromatic carbocycles. The van der Waals surface area contributed by atoms with Crippen molar-refractivity contribution in [2.24, 2.45) is 4.99 Å². The highest BCUT2D eigenvalue weighted by molar-refractivity contribution is 8.14. The largest absolute Gasteiger partial charge is 0.332 e. The van der Waals surface area contributed by atoms with Crippen molar-refractivity contribution in [1.82, 2.24) is 4.90 Å². The highest BCUT2D eigenvalue weighted by atomic mass is 35.5. The number of nitrogens with one attached hydrogen (secondary N) is 1. The first kappa shape index (κ1) is 17.2. The van der Waals surface area contributed by atoms with E-state index in [2.05, 4.69) is 17.2 Å². The Morgan fingerprint density at radius 1 is 1.33 bits per heavy atom. The van der Waals surface area contributed by atoms with Gasteiger partial charge in [0.25, 0.3) is 0 Å². The summed E-state index contributed by atoms with van der Waals surface area (Å²) in [5.41, 5.74) is 1.12. The molecule has 7 heteroatoms. The second-order valence-corrected chi connectivity index (χ2v) is 7.55. The molecule has 1 aliphatic rings. The van der Waals surface area contributed by atoms with Crippen LogP contribution in [0.3, 0.4) is 0 Å². The standard InChI is InChI=1S/C17H15ClFN3S2/c1-11-10-22(16(23)20-13-6-4-5-12(18)9-13)17(24-11)21-15-8-3-2-7-14(15)19/h2-9,11H,10H2,1H3,(H,20,23)/b21-17+. The maximum atomic E-state index is 13.9. The lowest BCUT2D eigenvalue weighted by Gasteiger charge is -2.20. The van der Waals surface area contributed by atoms with Crippen LogP contribution in [-0.4, -0.2) is 27.0 Å². The number of nitrogens with zero attached hydrogens (tertiary/aromatic N) is 2. The minimum atomic E-state index is -0.348. The summed E-state index contributed by atoms with van der Waals surface area (Å²) in [5.74, 6) is -0.348. The van der Waals surface area contributed by atoms with Crippen molar-refractivity contribution in [3.05, 3.63) is 59.4 Å². The van der Waals surface area contributed by atoms with Gasteiger partial charge in [-0.15, -0.1) is 0 Å². The molecule has 0 bridgehead atoms. The minimum Gasteiger partial charge on any atom is -0.332 e. The highest BCUT2D eigenvalue weighted by Crippen LogP contribution is 2.30. The lowest BCUT2D eigenvalue weighted by Crippen LogP contribution is -2.36. The summed E-state index contributed by atoms with van der Waals surface area (Å²) in [4.78, 5) is 6.33. The number of aliphatic imine (C=N–C) groups is 1. The van der Waals surface area contributed by atoms with Crippen molar-refractivity contribution < 1.29 is 4.39 Å². The van der Waals surface area contributed by atoms with Crippen LogP contribution in [0.1, 0.15) is 6.92 Å². The topological polar surface area (TPSA) is 27.6 Å². The van der Waals surface area contributed by atoms with Crippen LogP contribution in [0.15, 0.2) is 53.5 Å². The Morgan fingerprint density at radius 3 is 2.88 bits per heavy atom. The Kier molecular flexibility index (Phi) is 5.38. The number of hydrogen-bond donors (Lipinski definition) is 1. The molecule has 0 aliphatic carbocycles. The third-order valence-corrected chi connectivity index (χ3v) is 5.00. The van der Waals surface area contributed by atoms with Crippen molar-refractivity contribution in [3.8, 4) is 0 Å². The fraction of sp³-hybridized carbons (Fsp3) is 0.176. The number of benzene rings is 2. The monoisotopic (exact) mass is 379 g/mol. The summed E-state index contributed by atoms with van der Waals surface area (Å²) < 4.78 is 13.9. The molecule has 1 unspecified atom stereocenters. The third-order valence-electron chi connectivity index (χ3n) is 3.37. The summed E-state index contributed by atoms with van der Waals surface area (Å²) in [7, 11) is 0. The molecule has 1 atom stereocenters. The first-order chi connectivity index (χ1) is 11.5. The summed E-state index contributed by atoms with van der Waals surface area (Å²) in [6.07, 6.45) is 0. The molecular weight excluding hydrogens is 365 g/mol. The second kappa shape index (κ2) is 7.51. The van der Waals surface area contributed by atoms with Gasteiger partial charge in [-0.3, -0.25) is 4.90 Å². The van der Waals surface area contributed by atoms with Crippen LogP contribution in [0.2, 0.25) is 5.02 Å². The smallest absolute Gasteiger partial charge is 0.179 e. The summed E-state index contributed by atoms with van der Waals surface area (Å²) in [6.45, 7) is 2.80. The van der Waals surface area contributed by atoms with E-state index in [4.69, 9.17) is 23.8 Å². The molecule has 3 rings (SSSR count). The van der Waals surface area contributed by atoms with Gasteiger partial charge in [0.05, 0.1) is 0 Å². The van der Waals surface area contributed by atoms with Gasteiger partial charge in [0.2, 0.25) is 0 Å². The lowest BCUT2D eigenvalue weighted by atomic mass is 10.3. The predicted molar refractivity (Wildman–Crippen MR) is 105 cm³/mol. The summed E-state index contributed by atoms with van der Waals surface area (Å²) in [5, 5.41) is 5.31.